The van der Waals surface area contributed by atoms with E-state index in [1.807, 2.05) is 45.0 Å². The molecule has 0 aliphatic rings. The first-order valence-electron chi connectivity index (χ1n) is 7.19. The predicted molar refractivity (Wildman–Crippen MR) is 104 cm³/mol. The van der Waals surface area contributed by atoms with Crippen LogP contribution in [0, 0.1) is 11.3 Å². The number of nitriles is 1. The van der Waals surface area contributed by atoms with Crippen molar-refractivity contribution in [2.24, 2.45) is 4.40 Å². The lowest BCUT2D eigenvalue weighted by molar-refractivity contribution is 0.650. The smallest absolute Gasteiger partial charge is 0.145 e. The maximum absolute atomic E-state index is 12.6. The molecule has 3 nitrogen and oxygen atoms in total. The summed E-state index contributed by atoms with van der Waals surface area (Å²) >= 11 is 9.55. The molecule has 0 bridgehead atoms. The first kappa shape index (κ1) is 18.9. The highest BCUT2D eigenvalue weighted by atomic mass is 79.9. The highest BCUT2D eigenvalue weighted by Gasteiger charge is 2.22. The van der Waals surface area contributed by atoms with Crippen LogP contribution in [0.2, 0.25) is 5.02 Å². The summed E-state index contributed by atoms with van der Waals surface area (Å²) in [5.74, 6) is 0. The van der Waals surface area contributed by atoms with E-state index in [0.29, 0.717) is 21.9 Å². The molecule has 0 spiro atoms. The molecule has 0 radical (unpaired) electrons. The largest absolute Gasteiger partial charge is 0.234 e. The van der Waals surface area contributed by atoms with Crippen LogP contribution in [0.15, 0.2) is 51.3 Å². The number of hydrogen-bond acceptors (Lipinski definition) is 2. The van der Waals surface area contributed by atoms with Gasteiger partial charge in [-0.05, 0) is 51.1 Å². The third kappa shape index (κ3) is 4.54. The van der Waals surface area contributed by atoms with Gasteiger partial charge in [-0.3, -0.25) is 0 Å². The van der Waals surface area contributed by atoms with Gasteiger partial charge in [0.05, 0.1) is 22.1 Å². The Balaban J connectivity index is 2.74. The Labute approximate surface area is 158 Å². The Morgan fingerprint density at radius 1 is 1.25 bits per heavy atom. The Hall–Kier alpha value is -1.48. The SMILES string of the molecule is CC(C)(C)S(=O)/N=C(\c1cccc(Br)c1)c1cc(Cl)ccc1C#N. The fourth-order valence-electron chi connectivity index (χ4n) is 1.92. The van der Waals surface area contributed by atoms with E-state index in [0.717, 1.165) is 10.0 Å². The number of benzene rings is 2. The highest BCUT2D eigenvalue weighted by Crippen LogP contribution is 2.24. The van der Waals surface area contributed by atoms with Crippen molar-refractivity contribution in [1.82, 2.24) is 0 Å². The average molecular weight is 424 g/mol. The number of hydrogen-bond donors (Lipinski definition) is 0. The molecule has 2 rings (SSSR count). The van der Waals surface area contributed by atoms with Crippen LogP contribution in [0.25, 0.3) is 0 Å². The quantitative estimate of drug-likeness (QED) is 0.631. The van der Waals surface area contributed by atoms with E-state index in [4.69, 9.17) is 11.6 Å². The maximum atomic E-state index is 12.6. The minimum atomic E-state index is -1.47. The van der Waals surface area contributed by atoms with E-state index in [-0.39, 0.29) is 0 Å². The lowest BCUT2D eigenvalue weighted by Gasteiger charge is -2.16. The summed E-state index contributed by atoms with van der Waals surface area (Å²) < 4.78 is 17.4. The third-order valence-electron chi connectivity index (χ3n) is 3.15. The monoisotopic (exact) mass is 422 g/mol. The van der Waals surface area contributed by atoms with Gasteiger partial charge in [-0.15, -0.1) is 0 Å². The van der Waals surface area contributed by atoms with Crippen LogP contribution < -0.4 is 0 Å². The molecule has 24 heavy (non-hydrogen) atoms. The summed E-state index contributed by atoms with van der Waals surface area (Å²) in [6, 6.07) is 14.6. The minimum absolute atomic E-state index is 0.434. The van der Waals surface area contributed by atoms with Crippen LogP contribution >= 0.6 is 27.5 Å². The maximum Gasteiger partial charge on any atom is 0.145 e. The van der Waals surface area contributed by atoms with Crippen LogP contribution in [-0.2, 0) is 11.0 Å². The van der Waals surface area contributed by atoms with Crippen LogP contribution in [0.5, 0.6) is 0 Å². The Bertz CT molecular complexity index is 866. The minimum Gasteiger partial charge on any atom is -0.234 e. The van der Waals surface area contributed by atoms with Gasteiger partial charge in [-0.25, -0.2) is 4.21 Å². The molecule has 2 aromatic carbocycles. The van der Waals surface area contributed by atoms with Crippen molar-refractivity contribution in [2.75, 3.05) is 0 Å². The lowest BCUT2D eigenvalue weighted by Crippen LogP contribution is -2.21. The molecule has 1 unspecified atom stereocenters. The first-order valence-corrected chi connectivity index (χ1v) is 9.47. The number of halogens is 2. The van der Waals surface area contributed by atoms with Crippen LogP contribution in [0.1, 0.15) is 37.5 Å². The van der Waals surface area contributed by atoms with Crippen molar-refractivity contribution >= 4 is 44.2 Å². The third-order valence-corrected chi connectivity index (χ3v) is 5.28. The highest BCUT2D eigenvalue weighted by molar-refractivity contribution is 9.10. The van der Waals surface area contributed by atoms with Crippen molar-refractivity contribution in [2.45, 2.75) is 25.5 Å². The zero-order valence-corrected chi connectivity index (χ0v) is 16.7. The Kier molecular flexibility index (Phi) is 5.97. The van der Waals surface area contributed by atoms with Gasteiger partial charge < -0.3 is 0 Å². The molecule has 2 aromatic rings. The summed E-state index contributed by atoms with van der Waals surface area (Å²) in [5, 5.41) is 9.91. The zero-order chi connectivity index (χ0) is 17.9. The van der Waals surface area contributed by atoms with Crippen molar-refractivity contribution in [3.8, 4) is 6.07 Å². The summed E-state index contributed by atoms with van der Waals surface area (Å²) in [5.41, 5.74) is 2.26. The van der Waals surface area contributed by atoms with Gasteiger partial charge >= 0.3 is 0 Å². The van der Waals surface area contributed by atoms with Gasteiger partial charge in [0.2, 0.25) is 0 Å². The van der Waals surface area contributed by atoms with Crippen molar-refractivity contribution in [3.05, 3.63) is 68.7 Å². The molecule has 1 atom stereocenters. The number of rotatable bonds is 3. The summed E-state index contributed by atoms with van der Waals surface area (Å²) in [4.78, 5) is 0. The topological polar surface area (TPSA) is 53.2 Å². The van der Waals surface area contributed by atoms with Gasteiger partial charge in [0, 0.05) is 20.6 Å². The molecule has 0 amide bonds. The summed E-state index contributed by atoms with van der Waals surface area (Å²) in [6.45, 7) is 5.57. The van der Waals surface area contributed by atoms with Crippen LogP contribution in [-0.4, -0.2) is 14.7 Å². The van der Waals surface area contributed by atoms with E-state index in [2.05, 4.69) is 26.4 Å². The molecule has 0 heterocycles. The van der Waals surface area contributed by atoms with Crippen LogP contribution in [0.4, 0.5) is 0 Å². The molecule has 124 valence electrons. The fourth-order valence-corrected chi connectivity index (χ4v) is 3.14. The normalized spacial score (nSPS) is 13.4. The van der Waals surface area contributed by atoms with E-state index in [9.17, 15) is 9.47 Å². The molecule has 0 aliphatic carbocycles. The van der Waals surface area contributed by atoms with E-state index in [1.165, 1.54) is 0 Å². The van der Waals surface area contributed by atoms with Gasteiger partial charge in [-0.1, -0.05) is 39.7 Å². The summed E-state index contributed by atoms with van der Waals surface area (Å²) in [7, 11) is -1.47. The van der Waals surface area contributed by atoms with Gasteiger partial charge in [0.15, 0.2) is 0 Å². The fraction of sp³-hybridized carbons (Fsp3) is 0.222. The van der Waals surface area contributed by atoms with E-state index < -0.39 is 15.7 Å². The Morgan fingerprint density at radius 3 is 2.54 bits per heavy atom. The molecule has 0 saturated heterocycles. The van der Waals surface area contributed by atoms with E-state index in [1.54, 1.807) is 18.2 Å². The average Bonchev–Trinajstić information content (AvgIpc) is 2.51. The summed E-state index contributed by atoms with van der Waals surface area (Å²) in [6.07, 6.45) is 0. The standard InChI is InChI=1S/C18H16BrClN2OS/c1-18(2,3)24(23)22-17(12-5-4-6-14(19)9-12)16-10-15(20)8-7-13(16)11-21/h4-10H,1-3H3/b22-17+. The second-order valence-electron chi connectivity index (χ2n) is 6.11. The molecule has 0 saturated carbocycles. The van der Waals surface area contributed by atoms with Crippen LogP contribution in [0.3, 0.4) is 0 Å². The lowest BCUT2D eigenvalue weighted by atomic mass is 9.98. The molecular formula is C18H16BrClN2OS. The molecule has 0 aliphatic heterocycles. The Morgan fingerprint density at radius 2 is 1.96 bits per heavy atom. The van der Waals surface area contributed by atoms with E-state index >= 15 is 0 Å². The van der Waals surface area contributed by atoms with Crippen molar-refractivity contribution in [3.63, 3.8) is 0 Å². The van der Waals surface area contributed by atoms with Gasteiger partial charge in [-0.2, -0.15) is 9.66 Å². The van der Waals surface area contributed by atoms with Crippen molar-refractivity contribution < 1.29 is 4.21 Å². The molecule has 0 fully saturated rings. The van der Waals surface area contributed by atoms with Gasteiger partial charge in [0.25, 0.3) is 0 Å². The van der Waals surface area contributed by atoms with Crippen molar-refractivity contribution in [1.29, 1.82) is 5.26 Å². The molecule has 0 N–H and O–H groups in total. The zero-order valence-electron chi connectivity index (χ0n) is 13.5. The van der Waals surface area contributed by atoms with Gasteiger partial charge in [0.1, 0.15) is 11.0 Å². The molecule has 0 aromatic heterocycles. The molecule has 6 heteroatoms. The predicted octanol–water partition coefficient (Wildman–Crippen LogP) is 5.27. The second kappa shape index (κ2) is 7.60. The molecular weight excluding hydrogens is 408 g/mol. The second-order valence-corrected chi connectivity index (χ2v) is 9.37. The number of nitrogens with zero attached hydrogens (tertiary/aromatic N) is 2. The first-order chi connectivity index (χ1) is 11.2.